The van der Waals surface area contributed by atoms with Gasteiger partial charge >= 0.3 is 0 Å². The van der Waals surface area contributed by atoms with E-state index in [1.807, 2.05) is 7.11 Å². The van der Waals surface area contributed by atoms with Gasteiger partial charge in [0.25, 0.3) is 0 Å². The van der Waals surface area contributed by atoms with Gasteiger partial charge in [0.1, 0.15) is 19.6 Å². The molecule has 1 aromatic carbocycles. The Hall–Kier alpha value is -1.48. The number of methoxy groups -OCH3 is 2. The van der Waals surface area contributed by atoms with E-state index in [0.29, 0.717) is 0 Å². The topological polar surface area (TPSA) is 18.5 Å². The third kappa shape index (κ3) is 3.19. The fourth-order valence-corrected chi connectivity index (χ4v) is 8.44. The Balaban J connectivity index is 2.79. The van der Waals surface area contributed by atoms with Crippen molar-refractivity contribution in [1.29, 1.82) is 0 Å². The van der Waals surface area contributed by atoms with Crippen molar-refractivity contribution >= 4 is 13.3 Å². The van der Waals surface area contributed by atoms with Gasteiger partial charge in [-0.2, -0.15) is 0 Å². The predicted molar refractivity (Wildman–Crippen MR) is 106 cm³/mol. The lowest BCUT2D eigenvalue weighted by molar-refractivity contribution is 0.391. The van der Waals surface area contributed by atoms with E-state index in [4.69, 9.17) is 9.47 Å². The molecular weight excluding hydrogens is 312 g/mol. The zero-order chi connectivity index (χ0) is 18.0. The van der Waals surface area contributed by atoms with Crippen molar-refractivity contribution in [2.24, 2.45) is 0 Å². The molecule has 0 atom stereocenters. The number of hydrogen-bond donors (Lipinski definition) is 0. The maximum Gasteiger partial charge on any atom is 0.122 e. The molecule has 0 N–H and O–H groups in total. The minimum atomic E-state index is -1.82. The van der Waals surface area contributed by atoms with Crippen LogP contribution in [0.25, 0.3) is 0 Å². The quantitative estimate of drug-likeness (QED) is 0.667. The fourth-order valence-electron chi connectivity index (χ4n) is 3.91. The molecule has 0 aliphatic heterocycles. The van der Waals surface area contributed by atoms with Crippen LogP contribution in [0.4, 0.5) is 0 Å². The SMILES string of the molecule is CC[Si](CC)(C1=CC=CC1)c1cc(OC)cc(C(C)(C)C)c1OC. The molecule has 0 radical (unpaired) electrons. The molecule has 0 amide bonds. The van der Waals surface area contributed by atoms with Crippen molar-refractivity contribution in [3.05, 3.63) is 41.1 Å². The minimum absolute atomic E-state index is 0.0125. The zero-order valence-electron chi connectivity index (χ0n) is 16.3. The largest absolute Gasteiger partial charge is 0.497 e. The highest BCUT2D eigenvalue weighted by Crippen LogP contribution is 2.39. The molecule has 0 fully saturated rings. The van der Waals surface area contributed by atoms with Gasteiger partial charge in [-0.3, -0.25) is 0 Å². The van der Waals surface area contributed by atoms with Gasteiger partial charge in [-0.05, 0) is 29.2 Å². The van der Waals surface area contributed by atoms with Crippen LogP contribution in [0.1, 0.15) is 46.6 Å². The molecule has 1 aliphatic rings. The Labute approximate surface area is 148 Å². The van der Waals surface area contributed by atoms with E-state index in [1.54, 1.807) is 12.3 Å². The molecule has 0 unspecified atom stereocenters. The normalized spacial score (nSPS) is 14.7. The average molecular weight is 345 g/mol. The van der Waals surface area contributed by atoms with Crippen molar-refractivity contribution < 1.29 is 9.47 Å². The second-order valence-corrected chi connectivity index (χ2v) is 12.4. The summed E-state index contributed by atoms with van der Waals surface area (Å²) >= 11 is 0. The summed E-state index contributed by atoms with van der Waals surface area (Å²) in [5.41, 5.74) is 1.25. The summed E-state index contributed by atoms with van der Waals surface area (Å²) in [6, 6.07) is 6.76. The van der Waals surface area contributed by atoms with Crippen LogP contribution in [0, 0.1) is 0 Å². The second kappa shape index (κ2) is 7.18. The van der Waals surface area contributed by atoms with Gasteiger partial charge in [0.2, 0.25) is 0 Å². The molecule has 2 nitrogen and oxygen atoms in total. The standard InChI is InChI=1S/C21H32O2Si/c1-8-24(9-2,17-12-10-11-13-17)19-15-16(22-6)14-18(20(19)23-7)21(3,4)5/h10-12,14-15H,8-9,13H2,1-7H3. The Morgan fingerprint density at radius 3 is 2.12 bits per heavy atom. The summed E-state index contributed by atoms with van der Waals surface area (Å²) in [6.07, 6.45) is 7.91. The molecule has 0 spiro atoms. The smallest absolute Gasteiger partial charge is 0.122 e. The number of hydrogen-bond acceptors (Lipinski definition) is 2. The third-order valence-corrected chi connectivity index (χ3v) is 10.8. The third-order valence-electron chi connectivity index (χ3n) is 5.42. The summed E-state index contributed by atoms with van der Waals surface area (Å²) in [5.74, 6) is 2.02. The van der Waals surface area contributed by atoms with E-state index in [9.17, 15) is 0 Å². The molecule has 1 aliphatic carbocycles. The van der Waals surface area contributed by atoms with E-state index >= 15 is 0 Å². The number of rotatable bonds is 6. The van der Waals surface area contributed by atoms with Gasteiger partial charge in [0.15, 0.2) is 0 Å². The van der Waals surface area contributed by atoms with E-state index < -0.39 is 8.07 Å². The van der Waals surface area contributed by atoms with Gasteiger partial charge in [0.05, 0.1) is 14.2 Å². The highest BCUT2D eigenvalue weighted by molar-refractivity contribution is 6.98. The molecule has 2 rings (SSSR count). The Morgan fingerprint density at radius 1 is 1.04 bits per heavy atom. The molecule has 132 valence electrons. The molecule has 0 heterocycles. The van der Waals surface area contributed by atoms with Crippen molar-refractivity contribution in [3.8, 4) is 11.5 Å². The minimum Gasteiger partial charge on any atom is -0.497 e. The van der Waals surface area contributed by atoms with Gasteiger partial charge < -0.3 is 9.47 Å². The first-order chi connectivity index (χ1) is 11.3. The van der Waals surface area contributed by atoms with Crippen LogP contribution >= 0.6 is 0 Å². The highest BCUT2D eigenvalue weighted by Gasteiger charge is 2.40. The molecule has 3 heteroatoms. The van der Waals surface area contributed by atoms with Crippen molar-refractivity contribution in [3.63, 3.8) is 0 Å². The number of allylic oxidation sites excluding steroid dienone is 4. The van der Waals surface area contributed by atoms with Gasteiger partial charge in [-0.15, -0.1) is 0 Å². The summed E-state index contributed by atoms with van der Waals surface area (Å²) in [5, 5.41) is 3.01. The average Bonchev–Trinajstić information content (AvgIpc) is 3.10. The molecule has 1 aromatic rings. The summed E-state index contributed by atoms with van der Waals surface area (Å²) in [4.78, 5) is 0. The maximum absolute atomic E-state index is 6.00. The molecule has 0 bridgehead atoms. The van der Waals surface area contributed by atoms with Crippen LogP contribution in [0.5, 0.6) is 11.5 Å². The Kier molecular flexibility index (Phi) is 5.64. The lowest BCUT2D eigenvalue weighted by Gasteiger charge is -2.35. The predicted octanol–water partition coefficient (Wildman–Crippen LogP) is 5.12. The van der Waals surface area contributed by atoms with E-state index in [2.05, 4.69) is 65.0 Å². The lowest BCUT2D eigenvalue weighted by atomic mass is 9.86. The van der Waals surface area contributed by atoms with E-state index in [1.165, 1.54) is 22.8 Å². The van der Waals surface area contributed by atoms with Crippen molar-refractivity contribution in [1.82, 2.24) is 0 Å². The number of ether oxygens (including phenoxy) is 2. The summed E-state index contributed by atoms with van der Waals surface area (Å²) in [7, 11) is 1.76. The van der Waals surface area contributed by atoms with Gasteiger partial charge in [-0.25, -0.2) is 0 Å². The van der Waals surface area contributed by atoms with Crippen LogP contribution in [-0.2, 0) is 5.41 Å². The monoisotopic (exact) mass is 344 g/mol. The highest BCUT2D eigenvalue weighted by atomic mass is 28.3. The molecule has 24 heavy (non-hydrogen) atoms. The van der Waals surface area contributed by atoms with E-state index in [-0.39, 0.29) is 5.41 Å². The van der Waals surface area contributed by atoms with Gasteiger partial charge in [-0.1, -0.05) is 70.1 Å². The maximum atomic E-state index is 6.00. The number of benzene rings is 1. The Morgan fingerprint density at radius 2 is 1.71 bits per heavy atom. The van der Waals surface area contributed by atoms with Crippen LogP contribution in [0.15, 0.2) is 35.6 Å². The summed E-state index contributed by atoms with van der Waals surface area (Å²) < 4.78 is 11.7. The van der Waals surface area contributed by atoms with Crippen molar-refractivity contribution in [2.75, 3.05) is 14.2 Å². The zero-order valence-corrected chi connectivity index (χ0v) is 17.3. The van der Waals surface area contributed by atoms with Crippen LogP contribution < -0.4 is 14.7 Å². The van der Waals surface area contributed by atoms with Crippen LogP contribution in [0.3, 0.4) is 0 Å². The van der Waals surface area contributed by atoms with E-state index in [0.717, 1.165) is 17.9 Å². The van der Waals surface area contributed by atoms with Gasteiger partial charge in [0, 0.05) is 5.56 Å². The van der Waals surface area contributed by atoms with Crippen LogP contribution in [-0.4, -0.2) is 22.3 Å². The lowest BCUT2D eigenvalue weighted by Crippen LogP contribution is -2.49. The second-order valence-electron chi connectivity index (χ2n) is 7.62. The van der Waals surface area contributed by atoms with Crippen molar-refractivity contribution in [2.45, 2.75) is 58.5 Å². The fraction of sp³-hybridized carbons (Fsp3) is 0.524. The van der Waals surface area contributed by atoms with Crippen LogP contribution in [0.2, 0.25) is 12.1 Å². The summed E-state index contributed by atoms with van der Waals surface area (Å²) in [6.45, 7) is 11.4. The molecule has 0 saturated carbocycles. The molecule has 0 aromatic heterocycles. The first-order valence-corrected chi connectivity index (χ1v) is 11.4. The first-order valence-electron chi connectivity index (χ1n) is 8.97. The Bertz CT molecular complexity index is 647. The first kappa shape index (κ1) is 18.8. The molecule has 0 saturated heterocycles. The molecular formula is C21H32O2Si.